The van der Waals surface area contributed by atoms with E-state index in [1.165, 1.54) is 13.0 Å². The molecule has 0 aliphatic carbocycles. The van der Waals surface area contributed by atoms with Crippen LogP contribution in [0.3, 0.4) is 0 Å². The molecule has 1 saturated heterocycles. The lowest BCUT2D eigenvalue weighted by Crippen LogP contribution is -2.38. The molecular weight excluding hydrogens is 482 g/mol. The van der Waals surface area contributed by atoms with E-state index < -0.39 is 42.1 Å². The first-order valence-electron chi connectivity index (χ1n) is 11.6. The number of carboxylic acid groups (broad SMARTS) is 1. The standard InChI is InChI=1S/C25H27F4N3O4/c1-15-22(13-23(34)35)32(30-24(15)25(27,28)29)17-4-6-19(7-5-17)36-20-8-10-31(11-9-20)18-3-2-16(14-33)21(26)12-18/h2-7,12,15,20,22,33H,8-11,13-14H2,1H3,(H,34,35)/t15-,22-/m0/s1. The number of aliphatic hydroxyl groups is 1. The molecule has 36 heavy (non-hydrogen) atoms. The van der Waals surface area contributed by atoms with Gasteiger partial charge in [0.15, 0.2) is 0 Å². The highest BCUT2D eigenvalue weighted by atomic mass is 19.4. The van der Waals surface area contributed by atoms with E-state index in [1.807, 2.05) is 4.90 Å². The highest BCUT2D eigenvalue weighted by Crippen LogP contribution is 2.37. The van der Waals surface area contributed by atoms with Gasteiger partial charge in [0.05, 0.1) is 24.8 Å². The lowest BCUT2D eigenvalue weighted by molar-refractivity contribution is -0.137. The van der Waals surface area contributed by atoms with E-state index in [9.17, 15) is 27.5 Å². The smallest absolute Gasteiger partial charge is 0.431 e. The number of ether oxygens (including phenoxy) is 1. The molecule has 11 heteroatoms. The number of carboxylic acids is 1. The van der Waals surface area contributed by atoms with Gasteiger partial charge in [0.2, 0.25) is 0 Å². The minimum Gasteiger partial charge on any atom is -0.490 e. The zero-order valence-electron chi connectivity index (χ0n) is 19.6. The minimum atomic E-state index is -4.64. The van der Waals surface area contributed by atoms with Crippen LogP contribution in [0, 0.1) is 11.7 Å². The van der Waals surface area contributed by atoms with Gasteiger partial charge in [-0.2, -0.15) is 18.3 Å². The molecule has 0 unspecified atom stereocenters. The summed E-state index contributed by atoms with van der Waals surface area (Å²) < 4.78 is 60.1. The molecule has 0 saturated carbocycles. The highest BCUT2D eigenvalue weighted by Gasteiger charge is 2.48. The number of hydrogen-bond donors (Lipinski definition) is 2. The minimum absolute atomic E-state index is 0.0879. The summed E-state index contributed by atoms with van der Waals surface area (Å²) in [7, 11) is 0. The quantitative estimate of drug-likeness (QED) is 0.532. The van der Waals surface area contributed by atoms with Gasteiger partial charge in [-0.25, -0.2) is 4.39 Å². The van der Waals surface area contributed by atoms with Crippen molar-refractivity contribution in [2.75, 3.05) is 23.0 Å². The fourth-order valence-corrected chi connectivity index (χ4v) is 4.64. The number of hydrogen-bond acceptors (Lipinski definition) is 6. The number of nitrogens with zero attached hydrogens (tertiary/aromatic N) is 3. The molecule has 194 valence electrons. The summed E-state index contributed by atoms with van der Waals surface area (Å²) in [6.45, 7) is 2.28. The molecule has 0 spiro atoms. The number of alkyl halides is 3. The Morgan fingerprint density at radius 2 is 1.75 bits per heavy atom. The zero-order valence-corrected chi connectivity index (χ0v) is 19.6. The van der Waals surface area contributed by atoms with Crippen LogP contribution in [0.4, 0.5) is 28.9 Å². The van der Waals surface area contributed by atoms with Crippen molar-refractivity contribution in [2.24, 2.45) is 11.0 Å². The first-order chi connectivity index (χ1) is 17.1. The van der Waals surface area contributed by atoms with Gasteiger partial charge in [0.25, 0.3) is 0 Å². The van der Waals surface area contributed by atoms with Crippen LogP contribution in [0.2, 0.25) is 0 Å². The predicted molar refractivity (Wildman–Crippen MR) is 126 cm³/mol. The zero-order chi connectivity index (χ0) is 26.0. The molecule has 2 aromatic carbocycles. The molecule has 2 heterocycles. The Hall–Kier alpha value is -3.34. The SMILES string of the molecule is C[C@@H]1C(C(F)(F)F)=NN(c2ccc(OC3CCN(c4ccc(CO)c(F)c4)CC3)cc2)[C@H]1CC(=O)O. The number of rotatable bonds is 7. The molecule has 2 atom stereocenters. The summed E-state index contributed by atoms with van der Waals surface area (Å²) in [5, 5.41) is 23.2. The van der Waals surface area contributed by atoms with Crippen molar-refractivity contribution >= 4 is 23.1 Å². The van der Waals surface area contributed by atoms with E-state index in [-0.39, 0.29) is 18.3 Å². The molecule has 1 fully saturated rings. The number of hydrazone groups is 1. The summed E-state index contributed by atoms with van der Waals surface area (Å²) in [4.78, 5) is 13.3. The number of aliphatic carboxylic acids is 1. The van der Waals surface area contributed by atoms with Crippen LogP contribution >= 0.6 is 0 Å². The second-order valence-electron chi connectivity index (χ2n) is 9.01. The van der Waals surface area contributed by atoms with Crippen molar-refractivity contribution in [3.05, 3.63) is 53.8 Å². The van der Waals surface area contributed by atoms with E-state index in [1.54, 1.807) is 36.4 Å². The number of halogens is 4. The fourth-order valence-electron chi connectivity index (χ4n) is 4.64. The van der Waals surface area contributed by atoms with Crippen molar-refractivity contribution in [1.29, 1.82) is 0 Å². The first-order valence-corrected chi connectivity index (χ1v) is 11.6. The van der Waals surface area contributed by atoms with Crippen LogP contribution < -0.4 is 14.6 Å². The topological polar surface area (TPSA) is 85.6 Å². The second-order valence-corrected chi connectivity index (χ2v) is 9.01. The van der Waals surface area contributed by atoms with Gasteiger partial charge >= 0.3 is 12.1 Å². The summed E-state index contributed by atoms with van der Waals surface area (Å²) in [6.07, 6.45) is -3.83. The Balaban J connectivity index is 1.39. The number of aliphatic hydroxyl groups excluding tert-OH is 1. The lowest BCUT2D eigenvalue weighted by Gasteiger charge is -2.34. The fraction of sp³-hybridized carbons (Fsp3) is 0.440. The van der Waals surface area contributed by atoms with Crippen molar-refractivity contribution in [3.63, 3.8) is 0 Å². The molecule has 0 amide bonds. The van der Waals surface area contributed by atoms with Crippen LogP contribution in [0.15, 0.2) is 47.6 Å². The predicted octanol–water partition coefficient (Wildman–Crippen LogP) is 4.58. The Morgan fingerprint density at radius 1 is 1.11 bits per heavy atom. The summed E-state index contributed by atoms with van der Waals surface area (Å²) >= 11 is 0. The molecule has 2 aliphatic heterocycles. The number of benzene rings is 2. The van der Waals surface area contributed by atoms with Crippen LogP contribution in [-0.2, 0) is 11.4 Å². The molecule has 0 bridgehead atoms. The van der Waals surface area contributed by atoms with Crippen LogP contribution in [-0.4, -0.2) is 53.3 Å². The average molecular weight is 510 g/mol. The molecule has 2 aliphatic rings. The molecule has 2 N–H and O–H groups in total. The van der Waals surface area contributed by atoms with Gasteiger partial charge in [-0.3, -0.25) is 9.80 Å². The lowest BCUT2D eigenvalue weighted by atomic mass is 9.94. The molecule has 0 aromatic heterocycles. The van der Waals surface area contributed by atoms with Gasteiger partial charge < -0.3 is 19.8 Å². The van der Waals surface area contributed by atoms with Gasteiger partial charge in [0, 0.05) is 43.1 Å². The maximum atomic E-state index is 14.0. The summed E-state index contributed by atoms with van der Waals surface area (Å²) in [6, 6.07) is 10.2. The Bertz CT molecular complexity index is 1120. The average Bonchev–Trinajstić information content (AvgIpc) is 3.16. The monoisotopic (exact) mass is 509 g/mol. The molecule has 2 aromatic rings. The Kier molecular flexibility index (Phi) is 7.39. The number of carbonyl (C=O) groups is 1. The third-order valence-electron chi connectivity index (χ3n) is 6.63. The normalized spacial score (nSPS) is 21.0. The second kappa shape index (κ2) is 10.3. The largest absolute Gasteiger partial charge is 0.490 e. The molecular formula is C25H27F4N3O4. The van der Waals surface area contributed by atoms with Crippen molar-refractivity contribution in [2.45, 2.75) is 51.1 Å². The van der Waals surface area contributed by atoms with E-state index in [4.69, 9.17) is 9.84 Å². The van der Waals surface area contributed by atoms with E-state index in [0.29, 0.717) is 37.4 Å². The highest BCUT2D eigenvalue weighted by molar-refractivity contribution is 5.95. The maximum absolute atomic E-state index is 14.0. The third-order valence-corrected chi connectivity index (χ3v) is 6.63. The van der Waals surface area contributed by atoms with Crippen LogP contribution in [0.25, 0.3) is 0 Å². The van der Waals surface area contributed by atoms with Crippen LogP contribution in [0.1, 0.15) is 31.7 Å². The Labute approximate surface area is 205 Å². The Morgan fingerprint density at radius 3 is 2.31 bits per heavy atom. The van der Waals surface area contributed by atoms with Gasteiger partial charge in [0.1, 0.15) is 23.4 Å². The summed E-state index contributed by atoms with van der Waals surface area (Å²) in [5.74, 6) is -2.19. The number of piperidine rings is 1. The molecule has 4 rings (SSSR count). The van der Waals surface area contributed by atoms with E-state index >= 15 is 0 Å². The third kappa shape index (κ3) is 5.56. The molecule has 0 radical (unpaired) electrons. The first kappa shape index (κ1) is 25.7. The van der Waals surface area contributed by atoms with Crippen LogP contribution in [0.5, 0.6) is 5.75 Å². The van der Waals surface area contributed by atoms with E-state index in [0.717, 1.165) is 10.7 Å². The van der Waals surface area contributed by atoms with E-state index in [2.05, 4.69) is 5.10 Å². The van der Waals surface area contributed by atoms with Gasteiger partial charge in [-0.1, -0.05) is 13.0 Å². The van der Waals surface area contributed by atoms with Crippen molar-refractivity contribution < 1.29 is 37.3 Å². The van der Waals surface area contributed by atoms with Crippen molar-refractivity contribution in [1.82, 2.24) is 0 Å². The number of anilines is 2. The van der Waals surface area contributed by atoms with Gasteiger partial charge in [-0.05, 0) is 36.4 Å². The molecule has 7 nitrogen and oxygen atoms in total. The maximum Gasteiger partial charge on any atom is 0.431 e. The van der Waals surface area contributed by atoms with Crippen molar-refractivity contribution in [3.8, 4) is 5.75 Å². The van der Waals surface area contributed by atoms with Gasteiger partial charge in [-0.15, -0.1) is 0 Å². The summed E-state index contributed by atoms with van der Waals surface area (Å²) in [5.41, 5.74) is 0.343.